The van der Waals surface area contributed by atoms with Crippen molar-refractivity contribution < 1.29 is 14.3 Å². The molecule has 1 rings (SSSR count). The molecule has 3 heteroatoms. The second-order valence-electron chi connectivity index (χ2n) is 3.67. The first-order chi connectivity index (χ1) is 8.27. The second kappa shape index (κ2) is 7.49. The summed E-state index contributed by atoms with van der Waals surface area (Å²) >= 11 is 0. The largest absolute Gasteiger partial charge is 0.504 e. The number of esters is 1. The average molecular weight is 234 g/mol. The molecule has 0 aliphatic carbocycles. The second-order valence-corrected chi connectivity index (χ2v) is 3.67. The molecule has 0 N–H and O–H groups in total. The van der Waals surface area contributed by atoms with E-state index >= 15 is 0 Å². The van der Waals surface area contributed by atoms with E-state index in [1.807, 2.05) is 24.3 Å². The van der Waals surface area contributed by atoms with E-state index in [1.165, 1.54) is 12.7 Å². The van der Waals surface area contributed by atoms with E-state index in [9.17, 15) is 4.79 Å². The molecule has 0 heterocycles. The Labute approximate surface area is 102 Å². The molecule has 92 valence electrons. The number of benzene rings is 1. The van der Waals surface area contributed by atoms with Crippen LogP contribution in [0.1, 0.15) is 24.0 Å². The lowest BCUT2D eigenvalue weighted by Gasteiger charge is -2.05. The minimum Gasteiger partial charge on any atom is -0.504 e. The molecule has 0 saturated carbocycles. The Hall–Kier alpha value is -1.77. The number of rotatable bonds is 6. The summed E-state index contributed by atoms with van der Waals surface area (Å²) in [6, 6.07) is 8.08. The zero-order valence-electron chi connectivity index (χ0n) is 10.3. The lowest BCUT2D eigenvalue weighted by molar-refractivity contribution is -0.140. The van der Waals surface area contributed by atoms with Crippen LogP contribution in [0.25, 0.3) is 6.08 Å². The van der Waals surface area contributed by atoms with Crippen molar-refractivity contribution in [2.75, 3.05) is 14.2 Å². The van der Waals surface area contributed by atoms with Crippen LogP contribution in [-0.4, -0.2) is 20.2 Å². The quantitative estimate of drug-likeness (QED) is 0.561. The van der Waals surface area contributed by atoms with Gasteiger partial charge in [-0.3, -0.25) is 4.79 Å². The van der Waals surface area contributed by atoms with Crippen molar-refractivity contribution in [3.63, 3.8) is 0 Å². The molecule has 0 aliphatic heterocycles. The first kappa shape index (κ1) is 13.3. The van der Waals surface area contributed by atoms with Crippen molar-refractivity contribution in [2.45, 2.75) is 19.3 Å². The van der Waals surface area contributed by atoms with Gasteiger partial charge in [0.1, 0.15) is 0 Å². The molecule has 0 amide bonds. The van der Waals surface area contributed by atoms with Gasteiger partial charge in [-0.1, -0.05) is 24.3 Å². The highest BCUT2D eigenvalue weighted by atomic mass is 16.5. The Balaban J connectivity index is 2.57. The summed E-state index contributed by atoms with van der Waals surface area (Å²) in [6.07, 6.45) is 5.69. The van der Waals surface area contributed by atoms with E-state index in [0.29, 0.717) is 6.42 Å². The number of ether oxygens (including phenoxy) is 2. The summed E-state index contributed by atoms with van der Waals surface area (Å²) in [6.45, 7) is 0. The summed E-state index contributed by atoms with van der Waals surface area (Å²) in [5.41, 5.74) is 2.34. The minimum absolute atomic E-state index is 0.157. The Morgan fingerprint density at radius 1 is 1.29 bits per heavy atom. The van der Waals surface area contributed by atoms with Gasteiger partial charge in [0.05, 0.1) is 20.5 Å². The summed E-state index contributed by atoms with van der Waals surface area (Å²) in [4.78, 5) is 11.0. The topological polar surface area (TPSA) is 35.5 Å². The number of hydrogen-bond acceptors (Lipinski definition) is 3. The fraction of sp³-hybridized carbons (Fsp3) is 0.357. The maximum Gasteiger partial charge on any atom is 0.305 e. The number of carbonyl (C=O) groups is 1. The van der Waals surface area contributed by atoms with Crippen LogP contribution in [0.4, 0.5) is 0 Å². The maximum absolute atomic E-state index is 11.0. The van der Waals surface area contributed by atoms with Crippen LogP contribution in [0.2, 0.25) is 0 Å². The van der Waals surface area contributed by atoms with Gasteiger partial charge in [-0.2, -0.15) is 0 Å². The number of methoxy groups -OCH3 is 2. The van der Waals surface area contributed by atoms with E-state index in [2.05, 4.69) is 10.8 Å². The molecule has 0 aliphatic rings. The molecule has 0 spiro atoms. The smallest absolute Gasteiger partial charge is 0.305 e. The zero-order valence-corrected chi connectivity index (χ0v) is 10.3. The van der Waals surface area contributed by atoms with Crippen molar-refractivity contribution in [3.05, 3.63) is 41.7 Å². The van der Waals surface area contributed by atoms with Gasteiger partial charge >= 0.3 is 5.97 Å². The Morgan fingerprint density at radius 3 is 2.76 bits per heavy atom. The van der Waals surface area contributed by atoms with E-state index < -0.39 is 0 Å². The van der Waals surface area contributed by atoms with Crippen molar-refractivity contribution >= 4 is 12.0 Å². The highest BCUT2D eigenvalue weighted by Crippen LogP contribution is 2.14. The molecule has 17 heavy (non-hydrogen) atoms. The first-order valence-electron chi connectivity index (χ1n) is 5.62. The van der Waals surface area contributed by atoms with E-state index in [0.717, 1.165) is 18.4 Å². The van der Waals surface area contributed by atoms with Gasteiger partial charge in [0, 0.05) is 6.42 Å². The fourth-order valence-electron chi connectivity index (χ4n) is 1.59. The normalized spacial score (nSPS) is 10.5. The van der Waals surface area contributed by atoms with Crippen LogP contribution in [0.5, 0.6) is 0 Å². The molecule has 0 atom stereocenters. The van der Waals surface area contributed by atoms with Crippen molar-refractivity contribution in [1.82, 2.24) is 0 Å². The summed E-state index contributed by atoms with van der Waals surface area (Å²) in [5, 5.41) is 0. The average Bonchev–Trinajstić information content (AvgIpc) is 2.37. The predicted molar refractivity (Wildman–Crippen MR) is 67.4 cm³/mol. The van der Waals surface area contributed by atoms with Gasteiger partial charge < -0.3 is 9.47 Å². The van der Waals surface area contributed by atoms with Crippen LogP contribution in [0.15, 0.2) is 30.5 Å². The van der Waals surface area contributed by atoms with Crippen molar-refractivity contribution in [2.24, 2.45) is 0 Å². The minimum atomic E-state index is -0.157. The molecular formula is C14H18O3. The van der Waals surface area contributed by atoms with Crippen molar-refractivity contribution in [3.8, 4) is 0 Å². The Bertz CT molecular complexity index is 383. The van der Waals surface area contributed by atoms with E-state index in [1.54, 1.807) is 13.4 Å². The van der Waals surface area contributed by atoms with Gasteiger partial charge in [-0.25, -0.2) is 0 Å². The van der Waals surface area contributed by atoms with Crippen LogP contribution >= 0.6 is 0 Å². The monoisotopic (exact) mass is 234 g/mol. The van der Waals surface area contributed by atoms with Gasteiger partial charge in [-0.05, 0) is 30.0 Å². The maximum atomic E-state index is 11.0. The molecule has 0 fully saturated rings. The third kappa shape index (κ3) is 4.72. The molecule has 1 aromatic rings. The van der Waals surface area contributed by atoms with Gasteiger partial charge in [0.2, 0.25) is 0 Å². The highest BCUT2D eigenvalue weighted by Gasteiger charge is 2.02. The SMILES string of the molecule is CO/C=C/c1ccccc1CCCC(=O)OC. The zero-order chi connectivity index (χ0) is 12.5. The summed E-state index contributed by atoms with van der Waals surface area (Å²) in [7, 11) is 3.04. The number of carbonyl (C=O) groups excluding carboxylic acids is 1. The molecule has 0 unspecified atom stereocenters. The van der Waals surface area contributed by atoms with E-state index in [-0.39, 0.29) is 5.97 Å². The van der Waals surface area contributed by atoms with Gasteiger partial charge in [0.15, 0.2) is 0 Å². The first-order valence-corrected chi connectivity index (χ1v) is 5.62. The fourth-order valence-corrected chi connectivity index (χ4v) is 1.59. The molecule has 3 nitrogen and oxygen atoms in total. The molecule has 0 saturated heterocycles. The summed E-state index contributed by atoms with van der Waals surface area (Å²) < 4.78 is 9.52. The lowest BCUT2D eigenvalue weighted by atomic mass is 10.0. The van der Waals surface area contributed by atoms with Gasteiger partial charge in [0.25, 0.3) is 0 Å². The van der Waals surface area contributed by atoms with Crippen LogP contribution in [-0.2, 0) is 20.7 Å². The lowest BCUT2D eigenvalue weighted by Crippen LogP contribution is -2.01. The Morgan fingerprint density at radius 2 is 2.06 bits per heavy atom. The third-order valence-corrected chi connectivity index (χ3v) is 2.49. The van der Waals surface area contributed by atoms with Gasteiger partial charge in [-0.15, -0.1) is 0 Å². The predicted octanol–water partition coefficient (Wildman–Crippen LogP) is 2.80. The molecular weight excluding hydrogens is 216 g/mol. The summed E-state index contributed by atoms with van der Waals surface area (Å²) in [5.74, 6) is -0.157. The number of hydrogen-bond donors (Lipinski definition) is 0. The molecule has 1 aromatic carbocycles. The Kier molecular flexibility index (Phi) is 5.86. The molecule has 0 aromatic heterocycles. The molecule has 0 radical (unpaired) electrons. The van der Waals surface area contributed by atoms with Crippen LogP contribution in [0, 0.1) is 0 Å². The standard InChI is InChI=1S/C14H18O3/c1-16-11-10-13-7-4-3-6-12(13)8-5-9-14(15)17-2/h3-4,6-7,10-11H,5,8-9H2,1-2H3/b11-10+. The highest BCUT2D eigenvalue weighted by molar-refractivity contribution is 5.69. The van der Waals surface area contributed by atoms with E-state index in [4.69, 9.17) is 4.74 Å². The third-order valence-electron chi connectivity index (χ3n) is 2.49. The van der Waals surface area contributed by atoms with Crippen LogP contribution < -0.4 is 0 Å². The molecule has 0 bridgehead atoms. The van der Waals surface area contributed by atoms with Crippen molar-refractivity contribution in [1.29, 1.82) is 0 Å². The number of aryl methyl sites for hydroxylation is 1. The van der Waals surface area contributed by atoms with Crippen LogP contribution in [0.3, 0.4) is 0 Å².